The number of aromatic amines is 2. The molecule has 64 heavy (non-hydrogen) atoms. The van der Waals surface area contributed by atoms with Crippen molar-refractivity contribution in [2.24, 2.45) is 11.8 Å². The number of imidazole rings is 2. The molecule has 11 rings (SSSR count). The van der Waals surface area contributed by atoms with Crippen molar-refractivity contribution in [3.63, 3.8) is 0 Å². The van der Waals surface area contributed by atoms with Gasteiger partial charge in [0, 0.05) is 18.2 Å². The van der Waals surface area contributed by atoms with Gasteiger partial charge >= 0.3 is 12.2 Å². The molecule has 4 aliphatic rings. The average molecular weight is 857 g/mol. The Morgan fingerprint density at radius 3 is 1.73 bits per heavy atom. The summed E-state index contributed by atoms with van der Waals surface area (Å²) >= 11 is 0. The molecule has 4 heterocycles. The molecule has 15 heteroatoms. The van der Waals surface area contributed by atoms with Crippen molar-refractivity contribution in [1.82, 2.24) is 40.4 Å². The number of rotatable bonds is 11. The summed E-state index contributed by atoms with van der Waals surface area (Å²) in [5.41, 5.74) is 6.27. The number of aromatic nitrogens is 4. The van der Waals surface area contributed by atoms with E-state index in [1.165, 1.54) is 7.11 Å². The number of hydrogen-bond donors (Lipinski definition) is 5. The predicted octanol–water partition coefficient (Wildman–Crippen LogP) is 8.33. The molecule has 0 bridgehead atoms. The largest absolute Gasteiger partial charge is 0.465 e. The molecule has 4 amide bonds. The third kappa shape index (κ3) is 7.21. The minimum Gasteiger partial charge on any atom is -0.465 e. The SMILES string of the molecule is COC(=O)NC(C(=O)N1[C@@H]2C[C@@H]2C[C@H]1c1nc2ccc(Oc3cccc(-c4ccc5nc([C@@H]6C[C@H]7C[C@H]7N6C(=O)C(NC(=O)O)c6ccccc6)[nH]c5c4)c3)cc2[nH]1)c1ccccc1. The Labute approximate surface area is 366 Å². The lowest BCUT2D eigenvalue weighted by Crippen LogP contribution is -2.44. The number of nitrogens with zero attached hydrogens (tertiary/aromatic N) is 4. The molecule has 5 N–H and O–H groups in total. The second kappa shape index (κ2) is 15.6. The van der Waals surface area contributed by atoms with Gasteiger partial charge in [0.2, 0.25) is 0 Å². The van der Waals surface area contributed by atoms with Gasteiger partial charge in [0.25, 0.3) is 11.8 Å². The number of piperidine rings is 2. The summed E-state index contributed by atoms with van der Waals surface area (Å²) in [6.07, 6.45) is 1.42. The Morgan fingerprint density at radius 2 is 1.16 bits per heavy atom. The normalized spacial score (nSPS) is 22.6. The highest BCUT2D eigenvalue weighted by atomic mass is 16.5. The van der Waals surface area contributed by atoms with Crippen LogP contribution in [0.4, 0.5) is 9.59 Å². The third-order valence-electron chi connectivity index (χ3n) is 13.2. The number of alkyl carbamates (subject to hydrolysis) is 1. The van der Waals surface area contributed by atoms with Gasteiger partial charge < -0.3 is 45.0 Å². The first-order valence-electron chi connectivity index (χ1n) is 21.5. The van der Waals surface area contributed by atoms with E-state index in [0.29, 0.717) is 46.1 Å². The summed E-state index contributed by atoms with van der Waals surface area (Å²) in [7, 11) is 1.28. The smallest absolute Gasteiger partial charge is 0.407 e. The minimum absolute atomic E-state index is 0.0529. The highest BCUT2D eigenvalue weighted by molar-refractivity contribution is 5.89. The zero-order chi connectivity index (χ0) is 43.6. The van der Waals surface area contributed by atoms with E-state index < -0.39 is 24.3 Å². The van der Waals surface area contributed by atoms with Crippen LogP contribution in [0, 0.1) is 11.8 Å². The molecule has 15 nitrogen and oxygen atoms in total. The number of benzene rings is 5. The quantitative estimate of drug-likeness (QED) is 0.0850. The van der Waals surface area contributed by atoms with Crippen molar-refractivity contribution in [2.75, 3.05) is 7.11 Å². The molecule has 2 saturated heterocycles. The van der Waals surface area contributed by atoms with Crippen molar-refractivity contribution >= 4 is 46.1 Å². The van der Waals surface area contributed by atoms with E-state index in [2.05, 4.69) is 20.6 Å². The highest BCUT2D eigenvalue weighted by Gasteiger charge is 2.57. The number of carboxylic acid groups (broad SMARTS) is 1. The summed E-state index contributed by atoms with van der Waals surface area (Å²) in [6.45, 7) is 0. The zero-order valence-corrected chi connectivity index (χ0v) is 34.7. The van der Waals surface area contributed by atoms with Crippen LogP contribution in [0.3, 0.4) is 0 Å². The van der Waals surface area contributed by atoms with Crippen molar-refractivity contribution in [1.29, 1.82) is 0 Å². The minimum atomic E-state index is -1.26. The molecule has 2 saturated carbocycles. The molecule has 2 unspecified atom stereocenters. The summed E-state index contributed by atoms with van der Waals surface area (Å²) < 4.78 is 11.3. The first kappa shape index (κ1) is 39.2. The third-order valence-corrected chi connectivity index (χ3v) is 13.2. The van der Waals surface area contributed by atoms with E-state index in [1.807, 2.05) is 107 Å². The van der Waals surface area contributed by atoms with Crippen molar-refractivity contribution < 1.29 is 33.8 Å². The maximum Gasteiger partial charge on any atom is 0.407 e. The standard InChI is InChI=1S/C49H44N8O7/c1-63-49(62)55-43(27-11-6-3-7-12-27)47(59)57-39-22-31(39)24-41(57)45-51-35-18-16-33(25-37(35)53-45)64-32-14-8-13-28(19-32)29-15-17-34-36(20-29)52-44(50-34)40-23-30-21-38(30)56(40)46(58)42(54-48(60)61)26-9-4-2-5-10-26/h2-20,25,30-31,38-43,54H,21-24H2,1H3,(H,50,52)(H,51,53)(H,55,62)(H,60,61)/t30-,31-,38-,39-,40+,41+,42?,43?/m1/s1. The lowest BCUT2D eigenvalue weighted by atomic mass is 10.0. The van der Waals surface area contributed by atoms with E-state index in [9.17, 15) is 24.3 Å². The molecule has 5 aromatic carbocycles. The first-order chi connectivity index (χ1) is 31.2. The predicted molar refractivity (Wildman–Crippen MR) is 235 cm³/mol. The van der Waals surface area contributed by atoms with Crippen LogP contribution in [0.25, 0.3) is 33.2 Å². The van der Waals surface area contributed by atoms with Crippen molar-refractivity contribution in [3.05, 3.63) is 144 Å². The lowest BCUT2D eigenvalue weighted by molar-refractivity contribution is -0.136. The number of H-pyrrole nitrogens is 2. The van der Waals surface area contributed by atoms with Gasteiger partial charge in [0.15, 0.2) is 0 Å². The van der Waals surface area contributed by atoms with Gasteiger partial charge in [-0.15, -0.1) is 0 Å². The van der Waals surface area contributed by atoms with E-state index in [0.717, 1.165) is 58.9 Å². The molecule has 2 aliphatic heterocycles. The number of amides is 4. The average Bonchev–Trinajstić information content (AvgIpc) is 3.98. The van der Waals surface area contributed by atoms with Gasteiger partial charge in [0.1, 0.15) is 35.2 Å². The van der Waals surface area contributed by atoms with E-state index in [1.54, 1.807) is 24.3 Å². The van der Waals surface area contributed by atoms with Crippen LogP contribution in [-0.2, 0) is 14.3 Å². The Morgan fingerprint density at radius 1 is 0.625 bits per heavy atom. The van der Waals surface area contributed by atoms with Gasteiger partial charge in [0.05, 0.1) is 41.3 Å². The summed E-state index contributed by atoms with van der Waals surface area (Å²) in [5, 5.41) is 14.8. The van der Waals surface area contributed by atoms with Crippen LogP contribution < -0.4 is 15.4 Å². The van der Waals surface area contributed by atoms with Crippen molar-refractivity contribution in [3.8, 4) is 22.6 Å². The van der Waals surface area contributed by atoms with E-state index in [-0.39, 0.29) is 36.0 Å². The van der Waals surface area contributed by atoms with Gasteiger partial charge in [-0.1, -0.05) is 78.9 Å². The maximum absolute atomic E-state index is 14.2. The molecule has 7 aromatic rings. The number of fused-ring (bicyclic) bond motifs is 4. The molecule has 322 valence electrons. The number of likely N-dealkylation sites (tertiary alicyclic amines) is 2. The Bertz CT molecular complexity index is 2950. The van der Waals surface area contributed by atoms with E-state index >= 15 is 0 Å². The molecule has 4 fully saturated rings. The number of carbonyl (C=O) groups is 4. The molecular formula is C49H44N8O7. The number of methoxy groups -OCH3 is 1. The fourth-order valence-corrected chi connectivity index (χ4v) is 9.97. The number of ether oxygens (including phenoxy) is 2. The van der Waals surface area contributed by atoms with Gasteiger partial charge in [-0.05, 0) is 96.2 Å². The molecule has 2 aromatic heterocycles. The highest BCUT2D eigenvalue weighted by Crippen LogP contribution is 2.55. The number of carbonyl (C=O) groups excluding carboxylic acids is 3. The molecular weight excluding hydrogens is 813 g/mol. The van der Waals surface area contributed by atoms with E-state index in [4.69, 9.17) is 19.4 Å². The molecule has 0 spiro atoms. The first-order valence-corrected chi connectivity index (χ1v) is 21.5. The fourth-order valence-electron chi connectivity index (χ4n) is 9.97. The fraction of sp³-hybridized carbons (Fsp3) is 0.265. The summed E-state index contributed by atoms with van der Waals surface area (Å²) in [4.78, 5) is 73.0. The van der Waals surface area contributed by atoms with Crippen LogP contribution in [0.1, 0.15) is 72.6 Å². The lowest BCUT2D eigenvalue weighted by Gasteiger charge is -2.30. The second-order valence-corrected chi connectivity index (χ2v) is 17.2. The number of hydrogen-bond acceptors (Lipinski definition) is 8. The summed E-state index contributed by atoms with van der Waals surface area (Å²) in [6, 6.07) is 35.3. The summed E-state index contributed by atoms with van der Waals surface area (Å²) in [5.74, 6) is 2.88. The number of nitrogens with one attached hydrogen (secondary N) is 4. The van der Waals surface area contributed by atoms with Crippen LogP contribution >= 0.6 is 0 Å². The zero-order valence-electron chi connectivity index (χ0n) is 34.7. The Hall–Kier alpha value is -7.68. The van der Waals surface area contributed by atoms with Gasteiger partial charge in [-0.2, -0.15) is 0 Å². The van der Waals surface area contributed by atoms with Crippen LogP contribution in [-0.4, -0.2) is 78.0 Å². The molecule has 2 aliphatic carbocycles. The Balaban J connectivity index is 0.808. The monoisotopic (exact) mass is 856 g/mol. The van der Waals surface area contributed by atoms with Gasteiger partial charge in [-0.3, -0.25) is 9.59 Å². The molecule has 8 atom stereocenters. The Kier molecular flexibility index (Phi) is 9.55. The van der Waals surface area contributed by atoms with Gasteiger partial charge in [-0.25, -0.2) is 19.6 Å². The van der Waals surface area contributed by atoms with Crippen LogP contribution in [0.2, 0.25) is 0 Å². The van der Waals surface area contributed by atoms with Crippen molar-refractivity contribution in [2.45, 2.75) is 61.9 Å². The van der Waals surface area contributed by atoms with Crippen LogP contribution in [0.15, 0.2) is 121 Å². The second-order valence-electron chi connectivity index (χ2n) is 17.2. The van der Waals surface area contributed by atoms with Crippen LogP contribution in [0.5, 0.6) is 11.5 Å². The topological polar surface area (TPSA) is 195 Å². The maximum atomic E-state index is 14.2. The molecule has 0 radical (unpaired) electrons.